The van der Waals surface area contributed by atoms with E-state index in [0.29, 0.717) is 23.7 Å². The van der Waals surface area contributed by atoms with Crippen LogP contribution in [0.4, 0.5) is 0 Å². The summed E-state index contributed by atoms with van der Waals surface area (Å²) in [6.45, 7) is 34.9. The number of hydrogen-bond acceptors (Lipinski definition) is 3. The predicted octanol–water partition coefficient (Wildman–Crippen LogP) is 7.82. The summed E-state index contributed by atoms with van der Waals surface area (Å²) in [4.78, 5) is 30.0. The van der Waals surface area contributed by atoms with Crippen molar-refractivity contribution in [1.29, 1.82) is 0 Å². The van der Waals surface area contributed by atoms with Gasteiger partial charge in [-0.3, -0.25) is 9.59 Å². The zero-order valence-electron chi connectivity index (χ0n) is 26.4. The van der Waals surface area contributed by atoms with Crippen LogP contribution in [0.25, 0.3) is 0 Å². The van der Waals surface area contributed by atoms with Crippen molar-refractivity contribution >= 4 is 18.1 Å². The molecule has 0 spiro atoms. The molecule has 1 saturated heterocycles. The highest BCUT2D eigenvalue weighted by Gasteiger charge is 2.54. The van der Waals surface area contributed by atoms with Crippen LogP contribution in [-0.2, 0) is 14.4 Å². The summed E-state index contributed by atoms with van der Waals surface area (Å²) < 4.78 is 0. The van der Waals surface area contributed by atoms with Crippen LogP contribution in [0.3, 0.4) is 0 Å². The van der Waals surface area contributed by atoms with E-state index in [4.69, 9.17) is 4.79 Å². The van der Waals surface area contributed by atoms with Gasteiger partial charge in [-0.1, -0.05) is 95.9 Å². The Labute approximate surface area is 225 Å². The SMILES string of the molecule is C=C.CC(=O)CC(C)(C)C.CC(C)C.CC(C)CC1CCNC1=O.CCC1C(CC)C1(C)C.NC=O. The van der Waals surface area contributed by atoms with E-state index >= 15 is 0 Å². The second kappa shape index (κ2) is 22.5. The first-order valence-corrected chi connectivity index (χ1v) is 13.8. The maximum Gasteiger partial charge on any atom is 0.223 e. The Bertz CT molecular complexity index is 548. The molecule has 1 saturated carbocycles. The fourth-order valence-electron chi connectivity index (χ4n) is 4.66. The topological polar surface area (TPSA) is 89.3 Å². The monoisotopic (exact) mass is 512 g/mol. The van der Waals surface area contributed by atoms with Crippen molar-refractivity contribution in [2.24, 2.45) is 46.2 Å². The van der Waals surface area contributed by atoms with Crippen LogP contribution in [-0.4, -0.2) is 24.6 Å². The number of nitrogens with two attached hydrogens (primary N) is 1. The molecule has 1 aliphatic carbocycles. The molecular weight excluding hydrogens is 448 g/mol. The van der Waals surface area contributed by atoms with E-state index in [2.05, 4.69) is 107 Å². The molecule has 5 nitrogen and oxygen atoms in total. The van der Waals surface area contributed by atoms with Crippen molar-refractivity contribution < 1.29 is 14.4 Å². The fourth-order valence-corrected chi connectivity index (χ4v) is 4.66. The highest BCUT2D eigenvalue weighted by molar-refractivity contribution is 5.80. The molecule has 3 unspecified atom stereocenters. The number of ketones is 1. The van der Waals surface area contributed by atoms with Crippen molar-refractivity contribution in [2.45, 2.75) is 122 Å². The lowest BCUT2D eigenvalue weighted by Gasteiger charge is -2.14. The minimum absolute atomic E-state index is 0.172. The Morgan fingerprint density at radius 1 is 1.08 bits per heavy atom. The fraction of sp³-hybridized carbons (Fsp3) is 0.839. The first-order valence-electron chi connectivity index (χ1n) is 13.8. The van der Waals surface area contributed by atoms with Crippen molar-refractivity contribution in [3.63, 3.8) is 0 Å². The molecule has 0 aromatic heterocycles. The van der Waals surface area contributed by atoms with Crippen LogP contribution in [0.2, 0.25) is 0 Å². The summed E-state index contributed by atoms with van der Waals surface area (Å²) in [6, 6.07) is 0. The highest BCUT2D eigenvalue weighted by Crippen LogP contribution is 2.61. The summed E-state index contributed by atoms with van der Waals surface area (Å²) in [5.41, 5.74) is 5.02. The number of carbonyl (C=O) groups excluding carboxylic acids is 3. The van der Waals surface area contributed by atoms with E-state index in [1.54, 1.807) is 6.92 Å². The van der Waals surface area contributed by atoms with E-state index in [0.717, 1.165) is 37.1 Å². The van der Waals surface area contributed by atoms with E-state index in [1.165, 1.54) is 12.8 Å². The van der Waals surface area contributed by atoms with Crippen LogP contribution >= 0.6 is 0 Å². The summed E-state index contributed by atoms with van der Waals surface area (Å²) in [5, 5.41) is 2.84. The van der Waals surface area contributed by atoms with Gasteiger partial charge in [-0.25, -0.2) is 0 Å². The molecule has 1 heterocycles. The quantitative estimate of drug-likeness (QED) is 0.290. The Morgan fingerprint density at radius 2 is 1.44 bits per heavy atom. The smallest absolute Gasteiger partial charge is 0.223 e. The van der Waals surface area contributed by atoms with Gasteiger partial charge in [-0.05, 0) is 54.3 Å². The second-order valence-corrected chi connectivity index (χ2v) is 12.6. The van der Waals surface area contributed by atoms with Gasteiger partial charge in [-0.2, -0.15) is 0 Å². The maximum absolute atomic E-state index is 11.0. The van der Waals surface area contributed by atoms with Gasteiger partial charge < -0.3 is 15.8 Å². The van der Waals surface area contributed by atoms with E-state index in [-0.39, 0.29) is 23.5 Å². The zero-order valence-corrected chi connectivity index (χ0v) is 26.4. The van der Waals surface area contributed by atoms with Crippen LogP contribution in [0.1, 0.15) is 122 Å². The second-order valence-electron chi connectivity index (χ2n) is 12.6. The lowest BCUT2D eigenvalue weighted by Crippen LogP contribution is -2.19. The Kier molecular flexibility index (Phi) is 26.0. The molecule has 0 bridgehead atoms. The first-order chi connectivity index (χ1) is 16.4. The number of rotatable bonds is 5. The van der Waals surface area contributed by atoms with Gasteiger partial charge >= 0.3 is 0 Å². The molecule has 0 aromatic carbocycles. The number of amides is 2. The van der Waals surface area contributed by atoms with Crippen molar-refractivity contribution in [3.8, 4) is 0 Å². The number of hydrogen-bond donors (Lipinski definition) is 2. The third kappa shape index (κ3) is 25.4. The molecule has 5 heteroatoms. The Morgan fingerprint density at radius 3 is 1.58 bits per heavy atom. The lowest BCUT2D eigenvalue weighted by molar-refractivity contribution is -0.123. The normalized spacial score (nSPS) is 20.8. The standard InChI is InChI=1S/C9H18.C8H15NO.C7H14O.C4H10.C2H4.CH3NO/c1-5-7-8(6-2)9(7,3)4;1-6(2)5-7-3-4-9-8(7)10;1-6(8)5-7(2,3)4;1-4(2)3;1-2;2-1-3/h7-8H,5-6H2,1-4H3;6-7H,3-5H2,1-2H3,(H,9,10);5H2,1-4H3;4H,1-3H3;1-2H2;1H,(H2,2,3). The minimum atomic E-state index is 0.172. The maximum atomic E-state index is 11.0. The summed E-state index contributed by atoms with van der Waals surface area (Å²) >= 11 is 0. The Hall–Kier alpha value is -1.65. The third-order valence-electron chi connectivity index (χ3n) is 5.87. The molecule has 3 atom stereocenters. The van der Waals surface area contributed by atoms with Crippen molar-refractivity contribution in [2.75, 3.05) is 6.54 Å². The highest BCUT2D eigenvalue weighted by atomic mass is 16.2. The van der Waals surface area contributed by atoms with Gasteiger partial charge in [0.25, 0.3) is 0 Å². The van der Waals surface area contributed by atoms with Gasteiger partial charge in [0.05, 0.1) is 0 Å². The van der Waals surface area contributed by atoms with Gasteiger partial charge in [0, 0.05) is 18.9 Å². The predicted molar refractivity (Wildman–Crippen MR) is 159 cm³/mol. The molecule has 1 aliphatic heterocycles. The molecule has 2 amide bonds. The summed E-state index contributed by atoms with van der Waals surface area (Å²) in [7, 11) is 0. The Balaban J connectivity index is -0.000000184. The third-order valence-corrected chi connectivity index (χ3v) is 5.87. The van der Waals surface area contributed by atoms with E-state index in [1.807, 2.05) is 0 Å². The molecule has 0 radical (unpaired) electrons. The molecule has 2 aliphatic rings. The van der Waals surface area contributed by atoms with E-state index in [9.17, 15) is 9.59 Å². The molecule has 2 fully saturated rings. The molecule has 36 heavy (non-hydrogen) atoms. The van der Waals surface area contributed by atoms with Gasteiger partial charge in [0.1, 0.15) is 5.78 Å². The van der Waals surface area contributed by atoms with Gasteiger partial charge in [0.15, 0.2) is 0 Å². The molecule has 2 rings (SSSR count). The molecule has 3 N–H and O–H groups in total. The largest absolute Gasteiger partial charge is 0.372 e. The summed E-state index contributed by atoms with van der Waals surface area (Å²) in [5.74, 6) is 4.38. The van der Waals surface area contributed by atoms with E-state index < -0.39 is 0 Å². The average Bonchev–Trinajstić information content (AvgIpc) is 3.02. The van der Waals surface area contributed by atoms with Crippen LogP contribution in [0, 0.1) is 40.4 Å². The van der Waals surface area contributed by atoms with Crippen LogP contribution in [0.15, 0.2) is 13.2 Å². The van der Waals surface area contributed by atoms with Crippen molar-refractivity contribution in [1.82, 2.24) is 5.32 Å². The lowest BCUT2D eigenvalue weighted by atomic mass is 9.91. The average molecular weight is 513 g/mol. The van der Waals surface area contributed by atoms with Gasteiger partial charge in [0.2, 0.25) is 12.3 Å². The zero-order chi connectivity index (χ0) is 29.7. The first kappa shape index (κ1) is 41.5. The van der Waals surface area contributed by atoms with Crippen LogP contribution < -0.4 is 11.1 Å². The molecular formula is C31H64N2O3. The summed E-state index contributed by atoms with van der Waals surface area (Å²) in [6.07, 6.45) is 5.78. The number of carbonyl (C=O) groups is 3. The molecule has 216 valence electrons. The van der Waals surface area contributed by atoms with Crippen molar-refractivity contribution in [3.05, 3.63) is 13.2 Å². The van der Waals surface area contributed by atoms with Crippen LogP contribution in [0.5, 0.6) is 0 Å². The van der Waals surface area contributed by atoms with Gasteiger partial charge in [-0.15, -0.1) is 13.2 Å². The number of Topliss-reactive ketones (excluding diaryl/α,β-unsaturated/α-hetero) is 1. The molecule has 0 aromatic rings. The number of primary amides is 1. The number of nitrogens with one attached hydrogen (secondary N) is 1. The minimum Gasteiger partial charge on any atom is -0.372 e.